The molecular formula is C9H13NO2. The summed E-state index contributed by atoms with van der Waals surface area (Å²) in [6.45, 7) is 0.206. The molecule has 0 amide bonds. The van der Waals surface area contributed by atoms with E-state index in [9.17, 15) is 0 Å². The highest BCUT2D eigenvalue weighted by Crippen LogP contribution is 2.14. The number of aliphatic hydroxyl groups excluding tert-OH is 1. The van der Waals surface area contributed by atoms with Crippen molar-refractivity contribution < 1.29 is 9.84 Å². The van der Waals surface area contributed by atoms with Crippen molar-refractivity contribution in [2.24, 2.45) is 0 Å². The van der Waals surface area contributed by atoms with Crippen LogP contribution < -0.4 is 4.74 Å². The third-order valence-electron chi connectivity index (χ3n) is 1.65. The maximum Gasteiger partial charge on any atom is 0.216 e. The van der Waals surface area contributed by atoms with Crippen LogP contribution in [0, 0.1) is 0 Å². The number of aliphatic hydroxyl groups is 1. The fourth-order valence-electron chi connectivity index (χ4n) is 1.07. The van der Waals surface area contributed by atoms with E-state index in [0.717, 1.165) is 18.4 Å². The second-order valence-electron chi connectivity index (χ2n) is 2.50. The number of ether oxygens (including phenoxy) is 1. The summed E-state index contributed by atoms with van der Waals surface area (Å²) in [5, 5.41) is 8.63. The Morgan fingerprint density at radius 3 is 3.08 bits per heavy atom. The fraction of sp³-hybridized carbons (Fsp3) is 0.444. The average molecular weight is 167 g/mol. The molecule has 1 heterocycles. The maximum absolute atomic E-state index is 8.63. The number of hydrogen-bond donors (Lipinski definition) is 1. The largest absolute Gasteiger partial charge is 0.481 e. The SMILES string of the molecule is COc1ncccc1CCCO. The molecule has 0 aliphatic carbocycles. The van der Waals surface area contributed by atoms with Gasteiger partial charge < -0.3 is 9.84 Å². The van der Waals surface area contributed by atoms with Gasteiger partial charge in [0.15, 0.2) is 0 Å². The number of hydrogen-bond acceptors (Lipinski definition) is 3. The highest BCUT2D eigenvalue weighted by molar-refractivity contribution is 5.25. The van der Waals surface area contributed by atoms with Gasteiger partial charge in [-0.2, -0.15) is 0 Å². The van der Waals surface area contributed by atoms with Crippen LogP contribution in [0.4, 0.5) is 0 Å². The van der Waals surface area contributed by atoms with E-state index in [1.807, 2.05) is 12.1 Å². The average Bonchev–Trinajstić information content (AvgIpc) is 2.15. The lowest BCUT2D eigenvalue weighted by atomic mass is 10.1. The molecule has 0 atom stereocenters. The van der Waals surface area contributed by atoms with Crippen molar-refractivity contribution >= 4 is 0 Å². The molecule has 0 aliphatic heterocycles. The smallest absolute Gasteiger partial charge is 0.216 e. The zero-order valence-electron chi connectivity index (χ0n) is 7.16. The molecule has 0 spiro atoms. The molecule has 0 aromatic carbocycles. The highest BCUT2D eigenvalue weighted by Gasteiger charge is 2.01. The highest BCUT2D eigenvalue weighted by atomic mass is 16.5. The van der Waals surface area contributed by atoms with E-state index >= 15 is 0 Å². The van der Waals surface area contributed by atoms with E-state index in [4.69, 9.17) is 9.84 Å². The molecule has 1 aromatic heterocycles. The maximum atomic E-state index is 8.63. The molecule has 1 aromatic rings. The van der Waals surface area contributed by atoms with E-state index in [1.165, 1.54) is 0 Å². The summed E-state index contributed by atoms with van der Waals surface area (Å²) in [7, 11) is 1.60. The minimum Gasteiger partial charge on any atom is -0.481 e. The Balaban J connectivity index is 2.68. The fourth-order valence-corrected chi connectivity index (χ4v) is 1.07. The van der Waals surface area contributed by atoms with Crippen LogP contribution in [0.3, 0.4) is 0 Å². The Morgan fingerprint density at radius 2 is 2.42 bits per heavy atom. The Labute approximate surface area is 72.0 Å². The van der Waals surface area contributed by atoms with E-state index in [1.54, 1.807) is 13.3 Å². The minimum atomic E-state index is 0.206. The third kappa shape index (κ3) is 2.20. The molecule has 3 heteroatoms. The first kappa shape index (κ1) is 9.00. The molecule has 3 nitrogen and oxygen atoms in total. The van der Waals surface area contributed by atoms with Crippen LogP contribution in [0.2, 0.25) is 0 Å². The van der Waals surface area contributed by atoms with Gasteiger partial charge in [0.05, 0.1) is 7.11 Å². The Hall–Kier alpha value is -1.09. The summed E-state index contributed by atoms with van der Waals surface area (Å²) in [5.74, 6) is 0.658. The lowest BCUT2D eigenvalue weighted by Gasteiger charge is -2.04. The van der Waals surface area contributed by atoms with Crippen LogP contribution in [0.25, 0.3) is 0 Å². The van der Waals surface area contributed by atoms with Gasteiger partial charge in [-0.05, 0) is 18.9 Å². The molecule has 1 N–H and O–H groups in total. The number of aromatic nitrogens is 1. The summed E-state index contributed by atoms with van der Waals surface area (Å²) >= 11 is 0. The molecule has 0 saturated heterocycles. The van der Waals surface area contributed by atoms with Crippen molar-refractivity contribution in [3.63, 3.8) is 0 Å². The van der Waals surface area contributed by atoms with Gasteiger partial charge in [0.2, 0.25) is 5.88 Å². The predicted octanol–water partition coefficient (Wildman–Crippen LogP) is 1.02. The predicted molar refractivity (Wildman–Crippen MR) is 46.2 cm³/mol. The normalized spacial score (nSPS) is 9.83. The standard InChI is InChI=1S/C9H13NO2/c1-12-9-8(5-3-7-11)4-2-6-10-9/h2,4,6,11H,3,5,7H2,1H3. The van der Waals surface area contributed by atoms with Crippen LogP contribution in [-0.2, 0) is 6.42 Å². The lowest BCUT2D eigenvalue weighted by molar-refractivity contribution is 0.287. The van der Waals surface area contributed by atoms with Gasteiger partial charge >= 0.3 is 0 Å². The number of nitrogens with zero attached hydrogens (tertiary/aromatic N) is 1. The summed E-state index contributed by atoms with van der Waals surface area (Å²) in [5.41, 5.74) is 1.05. The first-order valence-electron chi connectivity index (χ1n) is 3.97. The van der Waals surface area contributed by atoms with Crippen molar-refractivity contribution in [2.45, 2.75) is 12.8 Å². The van der Waals surface area contributed by atoms with Crippen LogP contribution in [-0.4, -0.2) is 23.8 Å². The Kier molecular flexibility index (Phi) is 3.54. The Morgan fingerprint density at radius 1 is 1.58 bits per heavy atom. The van der Waals surface area contributed by atoms with Gasteiger partial charge in [-0.3, -0.25) is 0 Å². The number of methoxy groups -OCH3 is 1. The van der Waals surface area contributed by atoms with Gasteiger partial charge in [-0.1, -0.05) is 6.07 Å². The van der Waals surface area contributed by atoms with Crippen LogP contribution >= 0.6 is 0 Å². The lowest BCUT2D eigenvalue weighted by Crippen LogP contribution is -1.96. The van der Waals surface area contributed by atoms with E-state index in [0.29, 0.717) is 5.88 Å². The zero-order valence-corrected chi connectivity index (χ0v) is 7.16. The molecular weight excluding hydrogens is 154 g/mol. The van der Waals surface area contributed by atoms with Crippen molar-refractivity contribution in [3.8, 4) is 5.88 Å². The molecule has 0 unspecified atom stereocenters. The minimum absolute atomic E-state index is 0.206. The topological polar surface area (TPSA) is 42.4 Å². The second-order valence-corrected chi connectivity index (χ2v) is 2.50. The number of aryl methyl sites for hydroxylation is 1. The number of pyridine rings is 1. The van der Waals surface area contributed by atoms with Gasteiger partial charge in [0.1, 0.15) is 0 Å². The van der Waals surface area contributed by atoms with Crippen molar-refractivity contribution in [3.05, 3.63) is 23.9 Å². The van der Waals surface area contributed by atoms with Crippen LogP contribution in [0.5, 0.6) is 5.88 Å². The zero-order chi connectivity index (χ0) is 8.81. The molecule has 66 valence electrons. The molecule has 12 heavy (non-hydrogen) atoms. The van der Waals surface area contributed by atoms with Gasteiger partial charge in [0, 0.05) is 18.4 Å². The monoisotopic (exact) mass is 167 g/mol. The van der Waals surface area contributed by atoms with Crippen LogP contribution in [0.1, 0.15) is 12.0 Å². The Bertz CT molecular complexity index is 238. The van der Waals surface area contributed by atoms with Crippen LogP contribution in [0.15, 0.2) is 18.3 Å². The van der Waals surface area contributed by atoms with Crippen molar-refractivity contribution in [2.75, 3.05) is 13.7 Å². The summed E-state index contributed by atoms with van der Waals surface area (Å²) in [6.07, 6.45) is 3.26. The molecule has 0 bridgehead atoms. The second kappa shape index (κ2) is 4.72. The van der Waals surface area contributed by atoms with Crippen molar-refractivity contribution in [1.29, 1.82) is 0 Å². The van der Waals surface area contributed by atoms with E-state index < -0.39 is 0 Å². The molecule has 0 radical (unpaired) electrons. The quantitative estimate of drug-likeness (QED) is 0.727. The third-order valence-corrected chi connectivity index (χ3v) is 1.65. The molecule has 0 fully saturated rings. The van der Waals surface area contributed by atoms with E-state index in [2.05, 4.69) is 4.98 Å². The first-order chi connectivity index (χ1) is 5.88. The summed E-state index contributed by atoms with van der Waals surface area (Å²) < 4.78 is 5.05. The van der Waals surface area contributed by atoms with Gasteiger partial charge in [0.25, 0.3) is 0 Å². The molecule has 0 saturated carbocycles. The molecule has 1 rings (SSSR count). The summed E-state index contributed by atoms with van der Waals surface area (Å²) in [4.78, 5) is 4.05. The number of rotatable bonds is 4. The molecule has 0 aliphatic rings. The van der Waals surface area contributed by atoms with Gasteiger partial charge in [-0.15, -0.1) is 0 Å². The van der Waals surface area contributed by atoms with Gasteiger partial charge in [-0.25, -0.2) is 4.98 Å². The van der Waals surface area contributed by atoms with E-state index in [-0.39, 0.29) is 6.61 Å². The first-order valence-corrected chi connectivity index (χ1v) is 3.97. The van der Waals surface area contributed by atoms with Crippen molar-refractivity contribution in [1.82, 2.24) is 4.98 Å². The summed E-state index contributed by atoms with van der Waals surface area (Å²) in [6, 6.07) is 3.83.